The maximum absolute atomic E-state index is 12.3. The maximum atomic E-state index is 12.3. The van der Waals surface area contributed by atoms with Crippen molar-refractivity contribution in [2.24, 2.45) is 0 Å². The first kappa shape index (κ1) is 15.1. The average Bonchev–Trinajstić information content (AvgIpc) is 2.47. The van der Waals surface area contributed by atoms with Crippen LogP contribution in [-0.2, 0) is 22.9 Å². The molecule has 1 fully saturated rings. The van der Waals surface area contributed by atoms with Crippen molar-refractivity contribution in [3.8, 4) is 0 Å². The summed E-state index contributed by atoms with van der Waals surface area (Å²) in [6.07, 6.45) is 2.66. The number of aromatic nitrogens is 3. The first-order valence-electron chi connectivity index (χ1n) is 7.01. The Kier molecular flexibility index (Phi) is 4.87. The standard InChI is InChI=1S/C12H21N5O2S/c1-3-10-11(4-2)15-16-12(14-10)17-20(18,19)9-5-7-13-8-6-9/h9,13H,3-8H2,1-2H3,(H,14,16,17). The van der Waals surface area contributed by atoms with Crippen LogP contribution in [0.5, 0.6) is 0 Å². The quantitative estimate of drug-likeness (QED) is 0.821. The molecule has 0 aromatic carbocycles. The second kappa shape index (κ2) is 6.45. The van der Waals surface area contributed by atoms with Gasteiger partial charge >= 0.3 is 0 Å². The summed E-state index contributed by atoms with van der Waals surface area (Å²) in [5.41, 5.74) is 1.61. The molecule has 0 unspecified atom stereocenters. The second-order valence-electron chi connectivity index (χ2n) is 4.83. The van der Waals surface area contributed by atoms with E-state index in [0.29, 0.717) is 19.3 Å². The molecule has 1 aliphatic heterocycles. The number of sulfonamides is 1. The fourth-order valence-corrected chi connectivity index (χ4v) is 3.66. The van der Waals surface area contributed by atoms with Crippen LogP contribution in [0.15, 0.2) is 0 Å². The first-order valence-corrected chi connectivity index (χ1v) is 8.56. The summed E-state index contributed by atoms with van der Waals surface area (Å²) in [6, 6.07) is 0. The number of nitrogens with zero attached hydrogens (tertiary/aromatic N) is 3. The normalized spacial score (nSPS) is 17.1. The minimum Gasteiger partial charge on any atom is -0.317 e. The van der Waals surface area contributed by atoms with Crippen LogP contribution in [0.2, 0.25) is 0 Å². The smallest absolute Gasteiger partial charge is 0.256 e. The molecule has 1 aliphatic rings. The van der Waals surface area contributed by atoms with E-state index >= 15 is 0 Å². The van der Waals surface area contributed by atoms with Crippen molar-refractivity contribution in [2.45, 2.75) is 44.8 Å². The Morgan fingerprint density at radius 3 is 2.40 bits per heavy atom. The summed E-state index contributed by atoms with van der Waals surface area (Å²) in [5, 5.41) is 10.7. The predicted octanol–water partition coefficient (Wildman–Crippen LogP) is 0.490. The van der Waals surface area contributed by atoms with Crippen LogP contribution in [-0.4, -0.2) is 41.9 Å². The van der Waals surface area contributed by atoms with Gasteiger partial charge in [0.15, 0.2) is 0 Å². The van der Waals surface area contributed by atoms with Crippen molar-refractivity contribution in [1.82, 2.24) is 20.5 Å². The molecule has 8 heteroatoms. The van der Waals surface area contributed by atoms with Gasteiger partial charge in [-0.2, -0.15) is 0 Å². The van der Waals surface area contributed by atoms with Crippen LogP contribution in [0.25, 0.3) is 0 Å². The molecule has 0 radical (unpaired) electrons. The van der Waals surface area contributed by atoms with Crippen molar-refractivity contribution in [3.63, 3.8) is 0 Å². The van der Waals surface area contributed by atoms with Crippen LogP contribution in [0, 0.1) is 0 Å². The Morgan fingerprint density at radius 1 is 1.15 bits per heavy atom. The first-order chi connectivity index (χ1) is 9.56. The third-order valence-electron chi connectivity index (χ3n) is 3.47. The second-order valence-corrected chi connectivity index (χ2v) is 6.79. The van der Waals surface area contributed by atoms with E-state index in [9.17, 15) is 8.42 Å². The Bertz CT molecular complexity index is 555. The molecule has 112 valence electrons. The van der Waals surface area contributed by atoms with Crippen molar-refractivity contribution in [3.05, 3.63) is 11.4 Å². The van der Waals surface area contributed by atoms with Gasteiger partial charge in [0.1, 0.15) is 0 Å². The molecule has 0 amide bonds. The fourth-order valence-electron chi connectivity index (χ4n) is 2.30. The SMILES string of the molecule is CCc1nnc(NS(=O)(=O)C2CCNCC2)nc1CC. The molecule has 0 spiro atoms. The van der Waals surface area contributed by atoms with Crippen molar-refractivity contribution >= 4 is 16.0 Å². The molecule has 2 rings (SSSR count). The minimum atomic E-state index is -3.44. The van der Waals surface area contributed by atoms with E-state index in [4.69, 9.17) is 0 Å². The zero-order valence-electron chi connectivity index (χ0n) is 11.9. The van der Waals surface area contributed by atoms with Gasteiger partial charge in [-0.1, -0.05) is 13.8 Å². The summed E-state index contributed by atoms with van der Waals surface area (Å²) in [5.74, 6) is 0.0811. The van der Waals surface area contributed by atoms with Gasteiger partial charge in [-0.3, -0.25) is 0 Å². The molecule has 1 aromatic rings. The van der Waals surface area contributed by atoms with E-state index in [1.807, 2.05) is 13.8 Å². The molecule has 0 bridgehead atoms. The topological polar surface area (TPSA) is 96.9 Å². The Balaban J connectivity index is 2.16. The lowest BCUT2D eigenvalue weighted by Crippen LogP contribution is -2.38. The van der Waals surface area contributed by atoms with Gasteiger partial charge in [0.2, 0.25) is 10.0 Å². The number of rotatable bonds is 5. The number of aryl methyl sites for hydroxylation is 2. The van der Waals surface area contributed by atoms with Crippen molar-refractivity contribution in [1.29, 1.82) is 0 Å². The van der Waals surface area contributed by atoms with Gasteiger partial charge in [0.25, 0.3) is 5.95 Å². The zero-order chi connectivity index (χ0) is 14.6. The van der Waals surface area contributed by atoms with Crippen LogP contribution in [0.1, 0.15) is 38.1 Å². The monoisotopic (exact) mass is 299 g/mol. The number of piperidine rings is 1. The molecule has 0 atom stereocenters. The van der Waals surface area contributed by atoms with Gasteiger partial charge in [0.05, 0.1) is 16.6 Å². The van der Waals surface area contributed by atoms with E-state index in [-0.39, 0.29) is 11.2 Å². The Labute approximate surface area is 119 Å². The molecule has 2 N–H and O–H groups in total. The van der Waals surface area contributed by atoms with E-state index in [1.54, 1.807) is 0 Å². The maximum Gasteiger partial charge on any atom is 0.256 e. The highest BCUT2D eigenvalue weighted by Gasteiger charge is 2.28. The third kappa shape index (κ3) is 3.43. The minimum absolute atomic E-state index is 0.0811. The van der Waals surface area contributed by atoms with E-state index in [1.165, 1.54) is 0 Å². The van der Waals surface area contributed by atoms with Gasteiger partial charge < -0.3 is 5.32 Å². The summed E-state index contributed by atoms with van der Waals surface area (Å²) in [6.45, 7) is 5.39. The summed E-state index contributed by atoms with van der Waals surface area (Å²) < 4.78 is 27.0. The molecule has 0 aliphatic carbocycles. The van der Waals surface area contributed by atoms with E-state index in [2.05, 4.69) is 25.2 Å². The summed E-state index contributed by atoms with van der Waals surface area (Å²) >= 11 is 0. The molecule has 7 nitrogen and oxygen atoms in total. The number of anilines is 1. The molecule has 2 heterocycles. The largest absolute Gasteiger partial charge is 0.317 e. The highest BCUT2D eigenvalue weighted by Crippen LogP contribution is 2.16. The molecular formula is C12H21N5O2S. The Morgan fingerprint density at radius 2 is 1.80 bits per heavy atom. The van der Waals surface area contributed by atoms with Crippen LogP contribution in [0.3, 0.4) is 0 Å². The lowest BCUT2D eigenvalue weighted by Gasteiger charge is -2.22. The van der Waals surface area contributed by atoms with Gasteiger partial charge in [0, 0.05) is 0 Å². The molecule has 0 saturated carbocycles. The fraction of sp³-hybridized carbons (Fsp3) is 0.750. The highest BCUT2D eigenvalue weighted by atomic mass is 32.2. The lowest BCUT2D eigenvalue weighted by molar-refractivity contribution is 0.498. The molecule has 1 saturated heterocycles. The number of hydrogen-bond donors (Lipinski definition) is 2. The van der Waals surface area contributed by atoms with E-state index < -0.39 is 10.0 Å². The van der Waals surface area contributed by atoms with Gasteiger partial charge in [-0.15, -0.1) is 10.2 Å². The molecular weight excluding hydrogens is 278 g/mol. The average molecular weight is 299 g/mol. The number of nitrogens with one attached hydrogen (secondary N) is 2. The van der Waals surface area contributed by atoms with Crippen LogP contribution >= 0.6 is 0 Å². The van der Waals surface area contributed by atoms with Gasteiger partial charge in [-0.05, 0) is 38.8 Å². The highest BCUT2D eigenvalue weighted by molar-refractivity contribution is 7.93. The van der Waals surface area contributed by atoms with Gasteiger partial charge in [-0.25, -0.2) is 18.1 Å². The number of hydrogen-bond acceptors (Lipinski definition) is 6. The zero-order valence-corrected chi connectivity index (χ0v) is 12.7. The molecule has 1 aromatic heterocycles. The Hall–Kier alpha value is -1.28. The van der Waals surface area contributed by atoms with Crippen molar-refractivity contribution < 1.29 is 8.42 Å². The van der Waals surface area contributed by atoms with Crippen LogP contribution < -0.4 is 10.0 Å². The molecule has 20 heavy (non-hydrogen) atoms. The third-order valence-corrected chi connectivity index (χ3v) is 5.28. The lowest BCUT2D eigenvalue weighted by atomic mass is 10.2. The van der Waals surface area contributed by atoms with Crippen LogP contribution in [0.4, 0.5) is 5.95 Å². The summed E-state index contributed by atoms with van der Waals surface area (Å²) in [7, 11) is -3.44. The van der Waals surface area contributed by atoms with E-state index in [0.717, 1.165) is 30.9 Å². The van der Waals surface area contributed by atoms with Crippen molar-refractivity contribution in [2.75, 3.05) is 17.8 Å². The summed E-state index contributed by atoms with van der Waals surface area (Å²) in [4.78, 5) is 4.26. The predicted molar refractivity (Wildman–Crippen MR) is 77.0 cm³/mol.